The Labute approximate surface area is 149 Å². The summed E-state index contributed by atoms with van der Waals surface area (Å²) in [6.07, 6.45) is 0. The van der Waals surface area contributed by atoms with E-state index in [0.717, 1.165) is 0 Å². The maximum atomic E-state index is 12.3. The molecule has 0 saturated carbocycles. The fourth-order valence-electron chi connectivity index (χ4n) is 1.83. The fourth-order valence-corrected chi connectivity index (χ4v) is 2.18. The summed E-state index contributed by atoms with van der Waals surface area (Å²) in [5, 5.41) is 5.82. The van der Waals surface area contributed by atoms with E-state index < -0.39 is 5.91 Å². The van der Waals surface area contributed by atoms with E-state index in [0.29, 0.717) is 23.9 Å². The lowest BCUT2D eigenvalue weighted by Gasteiger charge is -2.09. The molecule has 126 valence electrons. The summed E-state index contributed by atoms with van der Waals surface area (Å²) in [6.45, 7) is 0.741. The van der Waals surface area contributed by atoms with Gasteiger partial charge in [-0.2, -0.15) is 0 Å². The molecule has 24 heavy (non-hydrogen) atoms. The third-order valence-electron chi connectivity index (χ3n) is 3.01. The standard InChI is InChI=1S/C16H15Cl2N3O3/c1-24-9-8-19-15(22)12-6-3-7-13(20-12)16(23)21-11-5-2-4-10(17)14(11)18/h2-7H,8-9H2,1H3,(H,19,22)(H,21,23). The molecule has 0 atom stereocenters. The number of pyridine rings is 1. The normalized spacial score (nSPS) is 10.3. The average molecular weight is 368 g/mol. The number of carbonyl (C=O) groups excluding carboxylic acids is 2. The molecule has 0 aliphatic heterocycles. The Balaban J connectivity index is 2.11. The first-order valence-electron chi connectivity index (χ1n) is 7.02. The number of hydrogen-bond donors (Lipinski definition) is 2. The number of carbonyl (C=O) groups is 2. The second kappa shape index (κ2) is 8.63. The van der Waals surface area contributed by atoms with Crippen molar-refractivity contribution in [2.75, 3.05) is 25.6 Å². The molecule has 1 aromatic heterocycles. The Bertz CT molecular complexity index is 753. The molecule has 0 bridgehead atoms. The number of amides is 2. The average Bonchev–Trinajstić information content (AvgIpc) is 2.59. The van der Waals surface area contributed by atoms with Crippen LogP contribution in [0, 0.1) is 0 Å². The van der Waals surface area contributed by atoms with Crippen molar-refractivity contribution in [3.05, 3.63) is 57.8 Å². The molecule has 2 rings (SSSR count). The molecule has 1 aromatic carbocycles. The third-order valence-corrected chi connectivity index (χ3v) is 3.82. The molecular formula is C16H15Cl2N3O3. The molecule has 0 aliphatic rings. The highest BCUT2D eigenvalue weighted by Gasteiger charge is 2.14. The van der Waals surface area contributed by atoms with Gasteiger partial charge in [0.05, 0.1) is 22.3 Å². The Morgan fingerprint density at radius 2 is 1.75 bits per heavy atom. The van der Waals surface area contributed by atoms with Crippen molar-refractivity contribution in [3.63, 3.8) is 0 Å². The highest BCUT2D eigenvalue weighted by atomic mass is 35.5. The van der Waals surface area contributed by atoms with E-state index in [9.17, 15) is 9.59 Å². The molecule has 8 heteroatoms. The van der Waals surface area contributed by atoms with Crippen molar-refractivity contribution < 1.29 is 14.3 Å². The van der Waals surface area contributed by atoms with E-state index in [1.807, 2.05) is 0 Å². The highest BCUT2D eigenvalue weighted by molar-refractivity contribution is 6.44. The molecule has 2 N–H and O–H groups in total. The van der Waals surface area contributed by atoms with E-state index in [-0.39, 0.29) is 22.3 Å². The number of benzene rings is 1. The van der Waals surface area contributed by atoms with Gasteiger partial charge in [0, 0.05) is 13.7 Å². The lowest BCUT2D eigenvalue weighted by Crippen LogP contribution is -2.28. The number of halogens is 2. The van der Waals surface area contributed by atoms with Crippen LogP contribution in [0.15, 0.2) is 36.4 Å². The Kier molecular flexibility index (Phi) is 6.54. The maximum Gasteiger partial charge on any atom is 0.274 e. The number of anilines is 1. The lowest BCUT2D eigenvalue weighted by molar-refractivity contribution is 0.0932. The first-order valence-corrected chi connectivity index (χ1v) is 7.78. The van der Waals surface area contributed by atoms with Gasteiger partial charge in [-0.05, 0) is 24.3 Å². The number of nitrogens with one attached hydrogen (secondary N) is 2. The topological polar surface area (TPSA) is 80.3 Å². The second-order valence-corrected chi connectivity index (χ2v) is 5.50. The van der Waals surface area contributed by atoms with E-state index in [2.05, 4.69) is 15.6 Å². The van der Waals surface area contributed by atoms with E-state index >= 15 is 0 Å². The smallest absolute Gasteiger partial charge is 0.274 e. The molecule has 2 aromatic rings. The van der Waals surface area contributed by atoms with Crippen LogP contribution in [0.5, 0.6) is 0 Å². The summed E-state index contributed by atoms with van der Waals surface area (Å²) in [4.78, 5) is 28.3. The van der Waals surface area contributed by atoms with Gasteiger partial charge in [0.15, 0.2) is 0 Å². The van der Waals surface area contributed by atoms with Crippen LogP contribution >= 0.6 is 23.2 Å². The van der Waals surface area contributed by atoms with Gasteiger partial charge in [0.1, 0.15) is 11.4 Å². The van der Waals surface area contributed by atoms with Crippen molar-refractivity contribution in [3.8, 4) is 0 Å². The van der Waals surface area contributed by atoms with E-state index in [1.54, 1.807) is 24.3 Å². The number of ether oxygens (including phenoxy) is 1. The SMILES string of the molecule is COCCNC(=O)c1cccc(C(=O)Nc2cccc(Cl)c2Cl)n1. The molecular weight excluding hydrogens is 353 g/mol. The summed E-state index contributed by atoms with van der Waals surface area (Å²) >= 11 is 11.9. The molecule has 0 aliphatic carbocycles. The molecule has 0 unspecified atom stereocenters. The number of nitrogens with zero attached hydrogens (tertiary/aromatic N) is 1. The van der Waals surface area contributed by atoms with Crippen LogP contribution in [0.2, 0.25) is 10.0 Å². The van der Waals surface area contributed by atoms with Crippen molar-refractivity contribution >= 4 is 40.7 Å². The molecule has 6 nitrogen and oxygen atoms in total. The molecule has 0 saturated heterocycles. The van der Waals surface area contributed by atoms with Gasteiger partial charge in [-0.15, -0.1) is 0 Å². The van der Waals surface area contributed by atoms with Gasteiger partial charge in [-0.1, -0.05) is 35.3 Å². The molecule has 0 spiro atoms. The van der Waals surface area contributed by atoms with Crippen LogP contribution in [0.4, 0.5) is 5.69 Å². The number of methoxy groups -OCH3 is 1. The molecule has 1 heterocycles. The van der Waals surface area contributed by atoms with Crippen molar-refractivity contribution in [1.82, 2.24) is 10.3 Å². The Hall–Kier alpha value is -2.15. The van der Waals surface area contributed by atoms with Crippen molar-refractivity contribution in [2.24, 2.45) is 0 Å². The fraction of sp³-hybridized carbons (Fsp3) is 0.188. The van der Waals surface area contributed by atoms with Crippen molar-refractivity contribution in [2.45, 2.75) is 0 Å². The zero-order valence-corrected chi connectivity index (χ0v) is 14.3. The zero-order valence-electron chi connectivity index (χ0n) is 12.8. The summed E-state index contributed by atoms with van der Waals surface area (Å²) in [5.74, 6) is -0.881. The van der Waals surface area contributed by atoms with Gasteiger partial charge in [0.2, 0.25) is 0 Å². The first-order chi connectivity index (χ1) is 11.5. The minimum absolute atomic E-state index is 0.0884. The molecule has 0 fully saturated rings. The van der Waals surface area contributed by atoms with Crippen LogP contribution in [0.25, 0.3) is 0 Å². The number of hydrogen-bond acceptors (Lipinski definition) is 4. The number of aromatic nitrogens is 1. The van der Waals surface area contributed by atoms with Gasteiger partial charge in [-0.3, -0.25) is 9.59 Å². The lowest BCUT2D eigenvalue weighted by atomic mass is 10.2. The largest absolute Gasteiger partial charge is 0.383 e. The van der Waals surface area contributed by atoms with Crippen molar-refractivity contribution in [1.29, 1.82) is 0 Å². The van der Waals surface area contributed by atoms with Gasteiger partial charge < -0.3 is 15.4 Å². The minimum Gasteiger partial charge on any atom is -0.383 e. The summed E-state index contributed by atoms with van der Waals surface area (Å²) in [7, 11) is 1.54. The molecule has 0 radical (unpaired) electrons. The highest BCUT2D eigenvalue weighted by Crippen LogP contribution is 2.29. The zero-order chi connectivity index (χ0) is 17.5. The Morgan fingerprint density at radius 1 is 1.08 bits per heavy atom. The van der Waals surface area contributed by atoms with Crippen LogP contribution in [-0.4, -0.2) is 37.1 Å². The summed E-state index contributed by atoms with van der Waals surface area (Å²) in [6, 6.07) is 9.49. The van der Waals surface area contributed by atoms with Crippen LogP contribution in [0.1, 0.15) is 21.0 Å². The number of rotatable bonds is 6. The minimum atomic E-state index is -0.495. The maximum absolute atomic E-state index is 12.3. The monoisotopic (exact) mass is 367 g/mol. The van der Waals surface area contributed by atoms with E-state index in [1.165, 1.54) is 19.2 Å². The Morgan fingerprint density at radius 3 is 2.46 bits per heavy atom. The van der Waals surface area contributed by atoms with Gasteiger partial charge in [-0.25, -0.2) is 4.98 Å². The van der Waals surface area contributed by atoms with Gasteiger partial charge >= 0.3 is 0 Å². The second-order valence-electron chi connectivity index (χ2n) is 4.71. The molecule has 2 amide bonds. The van der Waals surface area contributed by atoms with Crippen LogP contribution in [0.3, 0.4) is 0 Å². The van der Waals surface area contributed by atoms with Crippen LogP contribution < -0.4 is 10.6 Å². The quantitative estimate of drug-likeness (QED) is 0.769. The predicted octanol–water partition coefficient (Wildman–Crippen LogP) is 3.02. The predicted molar refractivity (Wildman–Crippen MR) is 92.9 cm³/mol. The van der Waals surface area contributed by atoms with Gasteiger partial charge in [0.25, 0.3) is 11.8 Å². The van der Waals surface area contributed by atoms with E-state index in [4.69, 9.17) is 27.9 Å². The third kappa shape index (κ3) is 4.67. The summed E-state index contributed by atoms with van der Waals surface area (Å²) < 4.78 is 4.85. The first kappa shape index (κ1) is 18.2. The van der Waals surface area contributed by atoms with Crippen LogP contribution in [-0.2, 0) is 4.74 Å². The summed E-state index contributed by atoms with van der Waals surface area (Å²) in [5.41, 5.74) is 0.590.